The Labute approximate surface area is 249 Å². The molecule has 5 rings (SSSR count). The van der Waals surface area contributed by atoms with Crippen molar-refractivity contribution in [1.29, 1.82) is 0 Å². The second kappa shape index (κ2) is 12.7. The van der Waals surface area contributed by atoms with Crippen molar-refractivity contribution in [3.05, 3.63) is 75.9 Å². The van der Waals surface area contributed by atoms with Crippen LogP contribution >= 0.6 is 11.6 Å². The van der Waals surface area contributed by atoms with E-state index < -0.39 is 27.5 Å². The Kier molecular flexibility index (Phi) is 9.04. The Morgan fingerprint density at radius 1 is 1.22 bits per heavy atom. The number of carbonyl (C=O) groups excluding carboxylic acids is 1. The number of hydrogen-bond acceptors (Lipinski definition) is 7. The minimum absolute atomic E-state index is 0.00972. The average Bonchev–Trinajstić information content (AvgIpc) is 3.28. The van der Waals surface area contributed by atoms with Crippen LogP contribution < -0.4 is 20.0 Å². The van der Waals surface area contributed by atoms with E-state index in [0.717, 1.165) is 39.1 Å². The number of rotatable bonds is 9. The van der Waals surface area contributed by atoms with Crippen molar-refractivity contribution in [2.24, 2.45) is 12.8 Å². The number of halogens is 2. The van der Waals surface area contributed by atoms with Gasteiger partial charge in [0, 0.05) is 0 Å². The fourth-order valence-electron chi connectivity index (χ4n) is 4.98. The number of nitrogens with one attached hydrogen (secondary N) is 1. The van der Waals surface area contributed by atoms with Gasteiger partial charge >= 0.3 is 251 Å². The number of anilines is 2. The zero-order valence-corrected chi connectivity index (χ0v) is 26.0. The number of hydrogen-bond donors (Lipinski definition) is 2. The summed E-state index contributed by atoms with van der Waals surface area (Å²) in [5.41, 5.74) is 9.87. The van der Waals surface area contributed by atoms with Gasteiger partial charge in [0.05, 0.1) is 0 Å². The number of nitrogens with two attached hydrogens (primary N) is 1. The molecule has 3 N–H and O–H groups in total. The SMILES string of the molecule is COCCN1CCc2ccc([AsH]c3ncc(Cl)c(Nc4c(C(N)=O)cc(-c5cnn(C)c5)c(C)c4F)n3)cc2CC1. The van der Waals surface area contributed by atoms with Crippen molar-refractivity contribution in [3.8, 4) is 11.1 Å². The van der Waals surface area contributed by atoms with Gasteiger partial charge in [0.25, 0.3) is 0 Å². The number of aryl methyl sites for hydroxylation is 1. The third-order valence-electron chi connectivity index (χ3n) is 7.25. The minimum atomic E-state index is -0.907. The van der Waals surface area contributed by atoms with Gasteiger partial charge in [-0.05, 0) is 0 Å². The van der Waals surface area contributed by atoms with E-state index >= 15 is 4.39 Å². The number of amides is 1. The summed E-state index contributed by atoms with van der Waals surface area (Å²) in [4.78, 5) is 23.9. The maximum atomic E-state index is 15.7. The molecule has 4 aromatic rings. The normalized spacial score (nSPS) is 13.9. The van der Waals surface area contributed by atoms with Crippen LogP contribution in [0.1, 0.15) is 27.0 Å². The van der Waals surface area contributed by atoms with Crippen LogP contribution in [-0.2, 0) is 24.6 Å². The summed E-state index contributed by atoms with van der Waals surface area (Å²) in [7, 11) is 3.50. The predicted octanol–water partition coefficient (Wildman–Crippen LogP) is 2.25. The summed E-state index contributed by atoms with van der Waals surface area (Å²) < 4.78 is 24.4. The van der Waals surface area contributed by atoms with Crippen LogP contribution in [0.4, 0.5) is 15.9 Å². The molecule has 2 aromatic heterocycles. The first kappa shape index (κ1) is 29.2. The summed E-state index contributed by atoms with van der Waals surface area (Å²) in [6.45, 7) is 5.33. The monoisotopic (exact) mass is 639 g/mol. The number of fused-ring (bicyclic) bond motifs is 1. The van der Waals surface area contributed by atoms with Gasteiger partial charge in [-0.3, -0.25) is 0 Å². The first-order valence-corrected chi connectivity index (χ1v) is 15.7. The van der Waals surface area contributed by atoms with Crippen molar-refractivity contribution in [3.63, 3.8) is 0 Å². The molecule has 9 nitrogen and oxygen atoms in total. The number of aromatic nitrogens is 4. The Morgan fingerprint density at radius 2 is 2.00 bits per heavy atom. The molecule has 3 heterocycles. The van der Waals surface area contributed by atoms with Gasteiger partial charge in [0.2, 0.25) is 0 Å². The summed E-state index contributed by atoms with van der Waals surface area (Å²) in [5, 5.41) is 7.31. The Balaban J connectivity index is 1.39. The summed E-state index contributed by atoms with van der Waals surface area (Å²) in [6.07, 6.45) is 6.86. The van der Waals surface area contributed by atoms with Crippen LogP contribution in [0.25, 0.3) is 11.1 Å². The molecular weight excluding hydrogens is 608 g/mol. The van der Waals surface area contributed by atoms with Crippen LogP contribution in [0.3, 0.4) is 0 Å². The standard InChI is InChI=1S/C29H32AsClFN7O2/c1-17-22(20-14-35-38(2)16-20)13-23(27(33)40)26(25(17)32)36-28-24(31)15-34-29(37-28)30-21-5-4-18-6-8-39(10-11-41-3)9-7-19(18)12-21/h4-5,12-16,30H,6-11H2,1-3H3,(H2,33,40)(H,34,36,37). The Hall–Kier alpha value is -3.30. The molecule has 1 aliphatic rings. The van der Waals surface area contributed by atoms with E-state index in [0.29, 0.717) is 21.3 Å². The molecule has 41 heavy (non-hydrogen) atoms. The third kappa shape index (κ3) is 6.62. The first-order chi connectivity index (χ1) is 19.7. The number of ether oxygens (including phenoxy) is 1. The van der Waals surface area contributed by atoms with Gasteiger partial charge in [-0.15, -0.1) is 0 Å². The van der Waals surface area contributed by atoms with Crippen molar-refractivity contribution in [2.45, 2.75) is 19.8 Å². The van der Waals surface area contributed by atoms with E-state index in [2.05, 4.69) is 43.5 Å². The van der Waals surface area contributed by atoms with E-state index in [1.54, 1.807) is 44.2 Å². The van der Waals surface area contributed by atoms with E-state index in [1.807, 2.05) is 0 Å². The summed E-state index contributed by atoms with van der Waals surface area (Å²) in [5.74, 6) is -1.17. The first-order valence-electron chi connectivity index (χ1n) is 13.2. The quantitative estimate of drug-likeness (QED) is 0.271. The van der Waals surface area contributed by atoms with Gasteiger partial charge in [-0.25, -0.2) is 0 Å². The molecule has 0 saturated heterocycles. The molecule has 1 atom stereocenters. The molecule has 1 unspecified atom stereocenters. The molecule has 1 aliphatic heterocycles. The van der Waals surface area contributed by atoms with E-state index in [9.17, 15) is 4.79 Å². The number of methoxy groups -OCH3 is 1. The maximum absolute atomic E-state index is 15.7. The molecule has 0 fully saturated rings. The molecule has 1 amide bonds. The van der Waals surface area contributed by atoms with E-state index in [1.165, 1.54) is 21.7 Å². The summed E-state index contributed by atoms with van der Waals surface area (Å²) >= 11 is 5.52. The van der Waals surface area contributed by atoms with E-state index in [-0.39, 0.29) is 22.1 Å². The van der Waals surface area contributed by atoms with Gasteiger partial charge in [-0.2, -0.15) is 0 Å². The third-order valence-corrected chi connectivity index (χ3v) is 9.76. The second-order valence-corrected chi connectivity index (χ2v) is 13.1. The number of primary amides is 1. The van der Waals surface area contributed by atoms with Crippen LogP contribution in [0.2, 0.25) is 5.02 Å². The summed E-state index contributed by atoms with van der Waals surface area (Å²) in [6, 6.07) is 8.20. The van der Waals surface area contributed by atoms with Crippen molar-refractivity contribution in [1.82, 2.24) is 24.6 Å². The topological polar surface area (TPSA) is 111 Å². The molecule has 214 valence electrons. The molecular formula is C29H32AsClFN7O2. The van der Waals surface area contributed by atoms with Gasteiger partial charge in [0.1, 0.15) is 0 Å². The van der Waals surface area contributed by atoms with Crippen molar-refractivity contribution < 1.29 is 13.9 Å². The molecule has 12 heteroatoms. The molecule has 0 aliphatic carbocycles. The Bertz CT molecular complexity index is 1600. The number of benzene rings is 2. The van der Waals surface area contributed by atoms with E-state index in [4.69, 9.17) is 22.1 Å². The molecule has 0 bridgehead atoms. The van der Waals surface area contributed by atoms with Gasteiger partial charge in [0.15, 0.2) is 0 Å². The van der Waals surface area contributed by atoms with Crippen molar-refractivity contribution in [2.75, 3.05) is 38.7 Å². The van der Waals surface area contributed by atoms with Crippen LogP contribution in [0.5, 0.6) is 0 Å². The molecule has 0 radical (unpaired) electrons. The molecule has 0 saturated carbocycles. The van der Waals surface area contributed by atoms with Gasteiger partial charge in [-0.1, -0.05) is 0 Å². The molecule has 0 spiro atoms. The number of nitrogens with zero attached hydrogens (tertiary/aromatic N) is 5. The number of carbonyl (C=O) groups is 1. The van der Waals surface area contributed by atoms with Crippen LogP contribution in [-0.4, -0.2) is 79.7 Å². The predicted molar refractivity (Wildman–Crippen MR) is 161 cm³/mol. The fourth-order valence-corrected chi connectivity index (χ4v) is 7.15. The second-order valence-electron chi connectivity index (χ2n) is 10.0. The van der Waals surface area contributed by atoms with Gasteiger partial charge < -0.3 is 0 Å². The van der Waals surface area contributed by atoms with Crippen LogP contribution in [0, 0.1) is 12.7 Å². The average molecular weight is 640 g/mol. The fraction of sp³-hybridized carbons (Fsp3) is 0.310. The van der Waals surface area contributed by atoms with Crippen molar-refractivity contribution >= 4 is 53.7 Å². The zero-order valence-electron chi connectivity index (χ0n) is 23.2. The van der Waals surface area contributed by atoms with Crippen LogP contribution in [0.15, 0.2) is 42.9 Å². The Morgan fingerprint density at radius 3 is 2.71 bits per heavy atom. The molecule has 2 aromatic carbocycles. The zero-order chi connectivity index (χ0) is 29.1.